The number of carbonyl (C=O) groups excluding carboxylic acids is 3. The van der Waals surface area contributed by atoms with Crippen LogP contribution in [0.3, 0.4) is 0 Å². The number of halogens is 1. The summed E-state index contributed by atoms with van der Waals surface area (Å²) in [6, 6.07) is 46.7. The average molecular weight is 1970 g/mol. The first-order valence-electron chi connectivity index (χ1n) is 49.4. The van der Waals surface area contributed by atoms with Gasteiger partial charge in [0, 0.05) is 161 Å². The number of ether oxygens (including phenoxy) is 6. The molecular weight excluding hydrogens is 1850 g/mol. The quantitative estimate of drug-likeness (QED) is 0.0313. The number of aliphatic carboxylic acids is 1. The number of nitrogens with zero attached hydrogens (tertiary/aromatic N) is 17. The summed E-state index contributed by atoms with van der Waals surface area (Å²) in [7, 11) is 9.69. The lowest BCUT2D eigenvalue weighted by molar-refractivity contribution is -0.141. The van der Waals surface area contributed by atoms with Crippen LogP contribution in [0.25, 0.3) is 54.5 Å². The Morgan fingerprint density at radius 1 is 0.329 bits per heavy atom. The van der Waals surface area contributed by atoms with Crippen molar-refractivity contribution in [1.82, 2.24) is 79.6 Å². The molecule has 140 heavy (non-hydrogen) atoms. The molecule has 7 fully saturated rings. The van der Waals surface area contributed by atoms with Crippen LogP contribution in [0.5, 0.6) is 34.5 Å². The summed E-state index contributed by atoms with van der Waals surface area (Å²) < 4.78 is 44.5. The highest BCUT2D eigenvalue weighted by atomic mass is 79.9. The molecule has 5 aromatic heterocycles. The van der Waals surface area contributed by atoms with Gasteiger partial charge in [-0.25, -0.2) is 0 Å². The molecular formula is C105H127BrN20O14. The van der Waals surface area contributed by atoms with Crippen LogP contribution in [0.2, 0.25) is 0 Å². The van der Waals surface area contributed by atoms with Crippen LogP contribution < -0.4 is 64.0 Å². The van der Waals surface area contributed by atoms with Gasteiger partial charge in [0.15, 0.2) is 34.5 Å². The zero-order valence-corrected chi connectivity index (χ0v) is 81.8. The van der Waals surface area contributed by atoms with E-state index in [2.05, 4.69) is 158 Å². The molecule has 0 spiro atoms. The second kappa shape index (κ2) is 43.5. The van der Waals surface area contributed by atoms with Crippen LogP contribution in [0.1, 0.15) is 99.2 Å². The third kappa shape index (κ3) is 22.3. The number of rotatable bonds is 23. The Hall–Kier alpha value is -12.8. The van der Waals surface area contributed by atoms with E-state index in [0.29, 0.717) is 120 Å². The molecule has 0 bridgehead atoms. The Balaban J connectivity index is 0.000000117. The highest BCUT2D eigenvalue weighted by Crippen LogP contribution is 2.40. The van der Waals surface area contributed by atoms with Crippen molar-refractivity contribution in [2.75, 3.05) is 171 Å². The normalized spacial score (nSPS) is 20.3. The van der Waals surface area contributed by atoms with Gasteiger partial charge in [0.05, 0.1) is 100 Å². The molecule has 0 radical (unpaired) electrons. The van der Waals surface area contributed by atoms with Gasteiger partial charge >= 0.3 is 5.97 Å². The number of fused-ring (bicyclic) bond motifs is 8. The number of hydrogen-bond acceptors (Lipinski definition) is 25. The molecule has 35 heteroatoms. The van der Waals surface area contributed by atoms with E-state index in [9.17, 15) is 34.5 Å². The fourth-order valence-corrected chi connectivity index (χ4v) is 21.3. The van der Waals surface area contributed by atoms with Gasteiger partial charge in [-0.15, -0.1) is 0 Å². The second-order valence-electron chi connectivity index (χ2n) is 38.5. The largest absolute Gasteiger partial charge is 0.486 e. The number of amides is 3. The number of hydrogen-bond donors (Lipinski definition) is 7. The first-order chi connectivity index (χ1) is 68.1. The third-order valence-corrected chi connectivity index (χ3v) is 29.6. The van der Waals surface area contributed by atoms with Crippen LogP contribution in [0.15, 0.2) is 181 Å². The number of aromatic nitrogens is 10. The van der Waals surface area contributed by atoms with Crippen LogP contribution in [-0.2, 0) is 54.4 Å². The molecule has 7 N–H and O–H groups in total. The van der Waals surface area contributed by atoms with E-state index < -0.39 is 42.4 Å². The maximum absolute atomic E-state index is 13.5. The molecule has 23 rings (SSSR count). The Morgan fingerprint density at radius 2 is 0.579 bits per heavy atom. The highest BCUT2D eigenvalue weighted by Gasteiger charge is 2.39. The third-order valence-electron chi connectivity index (χ3n) is 29.1. The number of likely N-dealkylation sites (tertiary alicyclic amines) is 3. The summed E-state index contributed by atoms with van der Waals surface area (Å²) in [6.07, 6.45) is 16.8. The van der Waals surface area contributed by atoms with Crippen LogP contribution in [-0.4, -0.2) is 277 Å². The summed E-state index contributed by atoms with van der Waals surface area (Å²) >= 11 is 3.41. The van der Waals surface area contributed by atoms with Crippen LogP contribution in [0.4, 0.5) is 22.7 Å². The average Bonchev–Trinajstić information content (AvgIpc) is 1.53. The lowest BCUT2D eigenvalue weighted by atomic mass is 9.99. The van der Waals surface area contributed by atoms with Gasteiger partial charge in [0.25, 0.3) is 0 Å². The number of benzene rings is 8. The number of anilines is 4. The molecule has 10 aliphatic heterocycles. The minimum atomic E-state index is -0.842. The standard InChI is InChI=1S/3C28H35N5O4.C13H15N3O2.C8H7BrN2/c3*1-31-24-15-22(6-4-20(24)16-29-31)33-11-8-21(17-33)28(35)30-23(18-32-9-2-3-10-32)27(34)19-5-7-25-26(14-19)37-13-12-36-25;1-15-12-6-11(3-2-9(12)7-14-15)16-5-4-10(8-16)13(17)18;1-11-8-4-7(9)3-2-6(8)5-10-11/h3*4-7,14-16,21,23,27,34H,2-3,8-13,17-18H2,1H3,(H,30,35);2-3,6-7,10H,4-5,8H2,1H3,(H,17,18);2-5H,1H3/t21?,23-,27-;21-,23+,27+;21-,23-,27-;;/m101../s1. The van der Waals surface area contributed by atoms with E-state index in [0.717, 1.165) is 223 Å². The van der Waals surface area contributed by atoms with Crippen LogP contribution >= 0.6 is 15.9 Å². The van der Waals surface area contributed by atoms with Crippen molar-refractivity contribution in [3.05, 3.63) is 198 Å². The molecule has 15 heterocycles. The minimum Gasteiger partial charge on any atom is -0.486 e. The monoisotopic (exact) mass is 1970 g/mol. The van der Waals surface area contributed by atoms with Gasteiger partial charge in [-0.05, 0) is 241 Å². The van der Waals surface area contributed by atoms with Gasteiger partial charge in [0.2, 0.25) is 17.7 Å². The molecule has 0 aliphatic carbocycles. The van der Waals surface area contributed by atoms with Gasteiger partial charge in [-0.3, -0.25) is 42.6 Å². The lowest BCUT2D eigenvalue weighted by Crippen LogP contribution is -2.48. The topological polar surface area (TPSA) is 352 Å². The van der Waals surface area contributed by atoms with Gasteiger partial charge < -0.3 is 99.1 Å². The maximum atomic E-state index is 13.5. The Morgan fingerprint density at radius 3 is 0.850 bits per heavy atom. The molecule has 0 saturated carbocycles. The van der Waals surface area contributed by atoms with E-state index in [1.807, 2.05) is 168 Å². The van der Waals surface area contributed by atoms with Crippen molar-refractivity contribution in [1.29, 1.82) is 0 Å². The predicted octanol–water partition coefficient (Wildman–Crippen LogP) is 11.3. The zero-order valence-electron chi connectivity index (χ0n) is 80.2. The highest BCUT2D eigenvalue weighted by molar-refractivity contribution is 9.10. The smallest absolute Gasteiger partial charge is 0.308 e. The van der Waals surface area contributed by atoms with Crippen molar-refractivity contribution in [3.63, 3.8) is 0 Å². The molecule has 34 nitrogen and oxygen atoms in total. The number of aryl methyl sites for hydroxylation is 5. The Bertz CT molecular complexity index is 6080. The van der Waals surface area contributed by atoms with Crippen LogP contribution in [0, 0.1) is 23.7 Å². The number of carboxylic acid groups (broad SMARTS) is 1. The molecule has 10 aliphatic rings. The first kappa shape index (κ1) is 96.1. The number of aliphatic hydroxyl groups is 3. The molecule has 10 atom stereocenters. The minimum absolute atomic E-state index is 0.00454. The van der Waals surface area contributed by atoms with Gasteiger partial charge in [-0.2, -0.15) is 25.5 Å². The number of nitrogens with one attached hydrogen (secondary N) is 3. The lowest BCUT2D eigenvalue weighted by Gasteiger charge is -2.30. The van der Waals surface area contributed by atoms with E-state index in [1.54, 1.807) is 0 Å². The Kier molecular flexibility index (Phi) is 29.9. The summed E-state index contributed by atoms with van der Waals surface area (Å²) in [6.45, 7) is 16.7. The van der Waals surface area contributed by atoms with E-state index in [-0.39, 0.29) is 41.4 Å². The summed E-state index contributed by atoms with van der Waals surface area (Å²) in [5.74, 6) is 2.70. The van der Waals surface area contributed by atoms with E-state index >= 15 is 0 Å². The molecule has 738 valence electrons. The molecule has 7 saturated heterocycles. The fourth-order valence-electron chi connectivity index (χ4n) is 21.0. The summed E-state index contributed by atoms with van der Waals surface area (Å²) in [5.41, 5.74) is 12.1. The van der Waals surface area contributed by atoms with Crippen molar-refractivity contribution in [2.24, 2.45) is 58.9 Å². The summed E-state index contributed by atoms with van der Waals surface area (Å²) in [4.78, 5) is 67.3. The van der Waals surface area contributed by atoms with Gasteiger partial charge in [-0.1, -0.05) is 40.2 Å². The van der Waals surface area contributed by atoms with Crippen molar-refractivity contribution < 1.29 is 68.0 Å². The Labute approximate surface area is 822 Å². The SMILES string of the molecule is Cn1ncc2ccc(Br)cc21.Cn1ncc2ccc(N3CCC(C(=O)N[C@H](CN4CCCC4)[C@H](O)c4ccc5c(c4)OCCO5)C3)cc21.Cn1ncc2ccc(N3CCC(C(=O)O)C3)cc21.Cn1ncc2ccc(N3CC[C@@H](C(=O)N[C@H](CN4CCCC4)[C@H](O)c4ccc5c(c4)OCCO5)C3)cc21.Cn1ncc2ccc(N3CC[C@H](C(=O)N[C@H](CN4CCCC4)[C@H](O)c4ccc5c(c4)OCCO5)C3)cc21. The van der Waals surface area contributed by atoms with Crippen molar-refractivity contribution in [3.8, 4) is 34.5 Å². The molecule has 2 unspecified atom stereocenters. The number of carbonyl (C=O) groups is 4. The summed E-state index contributed by atoms with van der Waals surface area (Å²) in [5, 5.41) is 79.9. The fraction of sp³-hybridized carbons (Fsp3) is 0.457. The molecule has 8 aromatic carbocycles. The number of aliphatic hydroxyl groups excluding tert-OH is 3. The zero-order chi connectivity index (χ0) is 96.6. The molecule has 13 aromatic rings. The maximum Gasteiger partial charge on any atom is 0.308 e. The van der Waals surface area contributed by atoms with Crippen molar-refractivity contribution in [2.45, 2.75) is 101 Å². The molecule has 3 amide bonds. The van der Waals surface area contributed by atoms with E-state index in [1.165, 1.54) is 5.39 Å². The van der Waals surface area contributed by atoms with Crippen molar-refractivity contribution >= 4 is 117 Å². The predicted molar refractivity (Wildman–Crippen MR) is 540 cm³/mol. The van der Waals surface area contributed by atoms with Gasteiger partial charge in [0.1, 0.15) is 58.0 Å². The number of carboxylic acids is 1. The second-order valence-corrected chi connectivity index (χ2v) is 39.4. The van der Waals surface area contributed by atoms with E-state index in [4.69, 9.17) is 33.5 Å². The first-order valence-corrected chi connectivity index (χ1v) is 50.1.